The van der Waals surface area contributed by atoms with Crippen LogP contribution in [0, 0.1) is 11.3 Å². The lowest BCUT2D eigenvalue weighted by molar-refractivity contribution is -0.147. The standard InChI is InChI=1S/C19H28N2O4/c1-13-8-10-21(11-9-13)18(23)19(2,3)17(22)20-15-7-6-14(24-4)12-16(15)25-5/h6-7,12-13H,8-11H2,1-5H3,(H,20,22). The lowest BCUT2D eigenvalue weighted by Gasteiger charge is -2.35. The summed E-state index contributed by atoms with van der Waals surface area (Å²) in [6, 6.07) is 5.13. The molecule has 0 atom stereocenters. The average molecular weight is 348 g/mol. The predicted molar refractivity (Wildman–Crippen MR) is 96.9 cm³/mol. The molecular formula is C19H28N2O4. The van der Waals surface area contributed by atoms with Crippen LogP contribution in [0.2, 0.25) is 0 Å². The molecule has 0 bridgehead atoms. The quantitative estimate of drug-likeness (QED) is 0.831. The number of carbonyl (C=O) groups excluding carboxylic acids is 2. The second kappa shape index (κ2) is 7.76. The maximum Gasteiger partial charge on any atom is 0.239 e. The van der Waals surface area contributed by atoms with E-state index in [1.165, 1.54) is 7.11 Å². The van der Waals surface area contributed by atoms with E-state index < -0.39 is 5.41 Å². The minimum absolute atomic E-state index is 0.135. The molecule has 0 aliphatic carbocycles. The number of rotatable bonds is 5. The van der Waals surface area contributed by atoms with E-state index in [2.05, 4.69) is 12.2 Å². The second-order valence-corrected chi connectivity index (χ2v) is 7.12. The highest BCUT2D eigenvalue weighted by molar-refractivity contribution is 6.10. The van der Waals surface area contributed by atoms with Crippen LogP contribution in [0.25, 0.3) is 0 Å². The van der Waals surface area contributed by atoms with Crippen molar-refractivity contribution in [1.82, 2.24) is 4.90 Å². The number of benzene rings is 1. The third-order valence-electron chi connectivity index (χ3n) is 4.83. The molecule has 0 aromatic heterocycles. The van der Waals surface area contributed by atoms with Crippen LogP contribution in [0.5, 0.6) is 11.5 Å². The summed E-state index contributed by atoms with van der Waals surface area (Å²) < 4.78 is 10.5. The van der Waals surface area contributed by atoms with Crippen molar-refractivity contribution in [3.63, 3.8) is 0 Å². The van der Waals surface area contributed by atoms with Crippen molar-refractivity contribution in [2.45, 2.75) is 33.6 Å². The number of likely N-dealkylation sites (tertiary alicyclic amines) is 1. The lowest BCUT2D eigenvalue weighted by Crippen LogP contribution is -2.49. The highest BCUT2D eigenvalue weighted by Gasteiger charge is 2.40. The van der Waals surface area contributed by atoms with Gasteiger partial charge >= 0.3 is 0 Å². The summed E-state index contributed by atoms with van der Waals surface area (Å²) in [6.07, 6.45) is 1.96. The van der Waals surface area contributed by atoms with Crippen molar-refractivity contribution < 1.29 is 19.1 Å². The van der Waals surface area contributed by atoms with Gasteiger partial charge in [0.1, 0.15) is 16.9 Å². The predicted octanol–water partition coefficient (Wildman–Crippen LogP) is 2.93. The fraction of sp³-hybridized carbons (Fsp3) is 0.579. The van der Waals surface area contributed by atoms with Gasteiger partial charge in [0.05, 0.1) is 19.9 Å². The van der Waals surface area contributed by atoms with Crippen LogP contribution in [0.1, 0.15) is 33.6 Å². The normalized spacial score (nSPS) is 15.6. The fourth-order valence-corrected chi connectivity index (χ4v) is 2.88. The largest absolute Gasteiger partial charge is 0.497 e. The maximum atomic E-state index is 12.8. The van der Waals surface area contributed by atoms with Crippen molar-refractivity contribution in [2.24, 2.45) is 11.3 Å². The number of piperidine rings is 1. The third kappa shape index (κ3) is 4.24. The van der Waals surface area contributed by atoms with Crippen molar-refractivity contribution in [3.05, 3.63) is 18.2 Å². The highest BCUT2D eigenvalue weighted by atomic mass is 16.5. The van der Waals surface area contributed by atoms with Crippen molar-refractivity contribution >= 4 is 17.5 Å². The van der Waals surface area contributed by atoms with Gasteiger partial charge in [-0.1, -0.05) is 6.92 Å². The van der Waals surface area contributed by atoms with Crippen molar-refractivity contribution in [1.29, 1.82) is 0 Å². The Morgan fingerprint density at radius 2 is 1.80 bits per heavy atom. The van der Waals surface area contributed by atoms with Gasteiger partial charge in [-0.3, -0.25) is 9.59 Å². The third-order valence-corrected chi connectivity index (χ3v) is 4.83. The number of amides is 2. The minimum atomic E-state index is -1.15. The summed E-state index contributed by atoms with van der Waals surface area (Å²) in [7, 11) is 3.09. The number of hydrogen-bond acceptors (Lipinski definition) is 4. The molecule has 6 nitrogen and oxygen atoms in total. The van der Waals surface area contributed by atoms with E-state index >= 15 is 0 Å². The number of nitrogens with zero attached hydrogens (tertiary/aromatic N) is 1. The number of hydrogen-bond donors (Lipinski definition) is 1. The molecule has 2 amide bonds. The average Bonchev–Trinajstić information content (AvgIpc) is 2.61. The van der Waals surface area contributed by atoms with E-state index in [-0.39, 0.29) is 11.8 Å². The van der Waals surface area contributed by atoms with Gasteiger partial charge in [0.15, 0.2) is 0 Å². The van der Waals surface area contributed by atoms with Gasteiger partial charge in [0, 0.05) is 19.2 Å². The van der Waals surface area contributed by atoms with Crippen LogP contribution in [0.3, 0.4) is 0 Å². The van der Waals surface area contributed by atoms with Crippen LogP contribution in [0.15, 0.2) is 18.2 Å². The van der Waals surface area contributed by atoms with Crippen LogP contribution < -0.4 is 14.8 Å². The van der Waals surface area contributed by atoms with Crippen LogP contribution in [0.4, 0.5) is 5.69 Å². The van der Waals surface area contributed by atoms with Gasteiger partial charge in [0.25, 0.3) is 0 Å². The SMILES string of the molecule is COc1ccc(NC(=O)C(C)(C)C(=O)N2CCC(C)CC2)c(OC)c1. The zero-order valence-electron chi connectivity index (χ0n) is 15.7. The second-order valence-electron chi connectivity index (χ2n) is 7.12. The van der Waals surface area contributed by atoms with E-state index in [9.17, 15) is 9.59 Å². The summed E-state index contributed by atoms with van der Waals surface area (Å²) >= 11 is 0. The molecule has 0 spiro atoms. The molecule has 6 heteroatoms. The Balaban J connectivity index is 2.12. The topological polar surface area (TPSA) is 67.9 Å². The van der Waals surface area contributed by atoms with Gasteiger partial charge in [-0.05, 0) is 44.7 Å². The molecular weight excluding hydrogens is 320 g/mol. The van der Waals surface area contributed by atoms with E-state index in [1.807, 2.05) is 0 Å². The molecule has 2 rings (SSSR count). The first kappa shape index (κ1) is 19.1. The molecule has 1 aromatic carbocycles. The smallest absolute Gasteiger partial charge is 0.239 e. The Labute approximate surface area is 149 Å². The summed E-state index contributed by atoms with van der Waals surface area (Å²) in [5.74, 6) is 1.27. The zero-order valence-corrected chi connectivity index (χ0v) is 15.7. The molecule has 1 aliphatic rings. The molecule has 0 saturated carbocycles. The number of carbonyl (C=O) groups is 2. The number of anilines is 1. The molecule has 1 aromatic rings. The van der Waals surface area contributed by atoms with E-state index in [4.69, 9.17) is 9.47 Å². The Morgan fingerprint density at radius 1 is 1.16 bits per heavy atom. The molecule has 1 saturated heterocycles. The lowest BCUT2D eigenvalue weighted by atomic mass is 9.88. The molecule has 138 valence electrons. The zero-order chi connectivity index (χ0) is 18.6. The summed E-state index contributed by atoms with van der Waals surface area (Å²) in [5.41, 5.74) is -0.632. The molecule has 1 fully saturated rings. The Morgan fingerprint density at radius 3 is 2.36 bits per heavy atom. The first-order valence-corrected chi connectivity index (χ1v) is 8.62. The fourth-order valence-electron chi connectivity index (χ4n) is 2.88. The van der Waals surface area contributed by atoms with Gasteiger partial charge in [-0.2, -0.15) is 0 Å². The molecule has 1 N–H and O–H groups in total. The first-order chi connectivity index (χ1) is 11.8. The Bertz CT molecular complexity index is 634. The minimum Gasteiger partial charge on any atom is -0.497 e. The van der Waals surface area contributed by atoms with Gasteiger partial charge < -0.3 is 19.7 Å². The van der Waals surface area contributed by atoms with Crippen molar-refractivity contribution in [2.75, 3.05) is 32.6 Å². The van der Waals surface area contributed by atoms with Crippen LogP contribution >= 0.6 is 0 Å². The summed E-state index contributed by atoms with van der Waals surface area (Å²) in [4.78, 5) is 27.4. The monoisotopic (exact) mass is 348 g/mol. The number of ether oxygens (including phenoxy) is 2. The van der Waals surface area contributed by atoms with E-state index in [1.54, 1.807) is 44.1 Å². The Hall–Kier alpha value is -2.24. The maximum absolute atomic E-state index is 12.8. The van der Waals surface area contributed by atoms with Crippen LogP contribution in [-0.4, -0.2) is 44.0 Å². The van der Waals surface area contributed by atoms with Gasteiger partial charge in [0.2, 0.25) is 11.8 Å². The molecule has 1 aliphatic heterocycles. The van der Waals surface area contributed by atoms with Gasteiger partial charge in [-0.25, -0.2) is 0 Å². The first-order valence-electron chi connectivity index (χ1n) is 8.62. The van der Waals surface area contributed by atoms with Gasteiger partial charge in [-0.15, -0.1) is 0 Å². The van der Waals surface area contributed by atoms with Crippen molar-refractivity contribution in [3.8, 4) is 11.5 Å². The summed E-state index contributed by atoms with van der Waals surface area (Å²) in [5, 5.41) is 2.81. The summed E-state index contributed by atoms with van der Waals surface area (Å²) in [6.45, 7) is 6.94. The number of methoxy groups -OCH3 is 2. The number of nitrogens with one attached hydrogen (secondary N) is 1. The van der Waals surface area contributed by atoms with E-state index in [0.29, 0.717) is 36.2 Å². The Kier molecular flexibility index (Phi) is 5.93. The highest BCUT2D eigenvalue weighted by Crippen LogP contribution is 2.31. The van der Waals surface area contributed by atoms with Crippen LogP contribution in [-0.2, 0) is 9.59 Å². The molecule has 0 unspecified atom stereocenters. The van der Waals surface area contributed by atoms with E-state index in [0.717, 1.165) is 12.8 Å². The molecule has 1 heterocycles. The molecule has 25 heavy (non-hydrogen) atoms. The molecule has 0 radical (unpaired) electrons.